The molecule has 0 aromatic heterocycles. The number of hydrogen-bond donors (Lipinski definition) is 0. The third-order valence-electron chi connectivity index (χ3n) is 3.06. The highest BCUT2D eigenvalue weighted by Crippen LogP contribution is 2.28. The van der Waals surface area contributed by atoms with E-state index in [0.717, 1.165) is 0 Å². The van der Waals surface area contributed by atoms with Crippen LogP contribution in [0.3, 0.4) is 0 Å². The van der Waals surface area contributed by atoms with Crippen molar-refractivity contribution in [3.8, 4) is 0 Å². The van der Waals surface area contributed by atoms with Crippen molar-refractivity contribution in [2.24, 2.45) is 5.92 Å². The van der Waals surface area contributed by atoms with E-state index in [1.165, 1.54) is 18.1 Å². The van der Waals surface area contributed by atoms with Crippen molar-refractivity contribution >= 4 is 23.5 Å². The highest BCUT2D eigenvalue weighted by molar-refractivity contribution is 6.05. The van der Waals surface area contributed by atoms with Crippen molar-refractivity contribution in [1.29, 1.82) is 0 Å². The van der Waals surface area contributed by atoms with Crippen molar-refractivity contribution in [3.05, 3.63) is 29.8 Å². The van der Waals surface area contributed by atoms with Gasteiger partial charge in [0.05, 0.1) is 18.4 Å². The van der Waals surface area contributed by atoms with Gasteiger partial charge in [-0.3, -0.25) is 4.79 Å². The van der Waals surface area contributed by atoms with Gasteiger partial charge in [-0.1, -0.05) is 12.1 Å². The Morgan fingerprint density at radius 1 is 1.37 bits per heavy atom. The summed E-state index contributed by atoms with van der Waals surface area (Å²) in [6, 6.07) is 6.43. The van der Waals surface area contributed by atoms with Crippen molar-refractivity contribution in [2.45, 2.75) is 6.42 Å². The number of esters is 1. The van der Waals surface area contributed by atoms with Gasteiger partial charge < -0.3 is 19.5 Å². The Morgan fingerprint density at radius 3 is 2.63 bits per heavy atom. The average molecular weight is 262 g/mol. The maximum Gasteiger partial charge on any atom is 0.339 e. The quantitative estimate of drug-likeness (QED) is 0.690. The average Bonchev–Trinajstić information content (AvgIpc) is 2.80. The molecule has 1 saturated heterocycles. The largest absolute Gasteiger partial charge is 0.550 e. The summed E-state index contributed by atoms with van der Waals surface area (Å²) in [4.78, 5) is 35.6. The molecule has 1 aliphatic heterocycles. The number of ether oxygens (including phenoxy) is 1. The van der Waals surface area contributed by atoms with Crippen LogP contribution in [0, 0.1) is 5.92 Å². The molecule has 1 atom stereocenters. The van der Waals surface area contributed by atoms with Crippen molar-refractivity contribution in [3.63, 3.8) is 0 Å². The molecular weight excluding hydrogens is 250 g/mol. The Bertz CT molecular complexity index is 540. The minimum atomic E-state index is -1.26. The van der Waals surface area contributed by atoms with Gasteiger partial charge in [0.15, 0.2) is 0 Å². The summed E-state index contributed by atoms with van der Waals surface area (Å²) in [5.74, 6) is -3.02. The predicted molar refractivity (Wildman–Crippen MR) is 63.2 cm³/mol. The fourth-order valence-electron chi connectivity index (χ4n) is 2.09. The minimum Gasteiger partial charge on any atom is -0.550 e. The van der Waals surface area contributed by atoms with Gasteiger partial charge in [0.1, 0.15) is 0 Å². The Balaban J connectivity index is 2.35. The van der Waals surface area contributed by atoms with Crippen LogP contribution in [-0.4, -0.2) is 31.5 Å². The number of amides is 1. The first kappa shape index (κ1) is 13.1. The monoisotopic (exact) mass is 262 g/mol. The van der Waals surface area contributed by atoms with Crippen LogP contribution in [0.15, 0.2) is 24.3 Å². The van der Waals surface area contributed by atoms with Crippen LogP contribution in [-0.2, 0) is 14.3 Å². The number of aliphatic carboxylic acids is 1. The molecule has 0 bridgehead atoms. The molecule has 6 heteroatoms. The van der Waals surface area contributed by atoms with E-state index >= 15 is 0 Å². The molecule has 1 amide bonds. The van der Waals surface area contributed by atoms with Gasteiger partial charge in [0.2, 0.25) is 5.91 Å². The van der Waals surface area contributed by atoms with Crippen molar-refractivity contribution in [2.75, 3.05) is 18.6 Å². The summed E-state index contributed by atoms with van der Waals surface area (Å²) < 4.78 is 4.64. The second-order valence-corrected chi connectivity index (χ2v) is 4.23. The fraction of sp³-hybridized carbons (Fsp3) is 0.308. The molecule has 0 saturated carbocycles. The highest BCUT2D eigenvalue weighted by Gasteiger charge is 2.33. The van der Waals surface area contributed by atoms with Gasteiger partial charge in [-0.25, -0.2) is 4.79 Å². The molecule has 1 fully saturated rings. The number of methoxy groups -OCH3 is 1. The van der Waals surface area contributed by atoms with E-state index in [0.29, 0.717) is 5.69 Å². The number of carbonyl (C=O) groups is 3. The summed E-state index contributed by atoms with van der Waals surface area (Å²) in [6.07, 6.45) is -0.113. The molecule has 2 rings (SSSR count). The standard InChI is InChI=1S/C13H13NO5/c1-19-13(18)9-4-2-3-5-10(9)14-7-8(12(16)17)6-11(14)15/h2-5,8H,6-7H2,1H3,(H,16,17)/p-1. The summed E-state index contributed by atoms with van der Waals surface area (Å²) >= 11 is 0. The van der Waals surface area contributed by atoms with Gasteiger partial charge in [-0.2, -0.15) is 0 Å². The molecule has 1 aliphatic rings. The van der Waals surface area contributed by atoms with E-state index in [9.17, 15) is 19.5 Å². The summed E-state index contributed by atoms with van der Waals surface area (Å²) in [7, 11) is 1.24. The number of nitrogens with zero attached hydrogens (tertiary/aromatic N) is 1. The van der Waals surface area contributed by atoms with Crippen LogP contribution in [0.4, 0.5) is 5.69 Å². The van der Waals surface area contributed by atoms with Crippen LogP contribution >= 0.6 is 0 Å². The summed E-state index contributed by atoms with van der Waals surface area (Å²) in [5, 5.41) is 10.8. The topological polar surface area (TPSA) is 86.7 Å². The molecule has 6 nitrogen and oxygen atoms in total. The zero-order chi connectivity index (χ0) is 14.0. The Hall–Kier alpha value is -2.37. The summed E-state index contributed by atoms with van der Waals surface area (Å²) in [6.45, 7) is 0.00910. The van der Waals surface area contributed by atoms with Crippen molar-refractivity contribution in [1.82, 2.24) is 0 Å². The third-order valence-corrected chi connectivity index (χ3v) is 3.06. The Labute approximate surface area is 109 Å². The number of rotatable bonds is 3. The van der Waals surface area contributed by atoms with Crippen LogP contribution < -0.4 is 10.0 Å². The first-order valence-corrected chi connectivity index (χ1v) is 5.73. The van der Waals surface area contributed by atoms with E-state index < -0.39 is 17.9 Å². The second kappa shape index (κ2) is 5.09. The lowest BCUT2D eigenvalue weighted by molar-refractivity contribution is -0.310. The molecule has 0 N–H and O–H groups in total. The molecule has 19 heavy (non-hydrogen) atoms. The molecule has 100 valence electrons. The van der Waals surface area contributed by atoms with Gasteiger partial charge in [-0.15, -0.1) is 0 Å². The number of carboxylic acid groups (broad SMARTS) is 1. The number of benzene rings is 1. The number of carboxylic acids is 1. The van der Waals surface area contributed by atoms with E-state index in [-0.39, 0.29) is 24.4 Å². The first-order chi connectivity index (χ1) is 9.04. The van der Waals surface area contributed by atoms with E-state index in [1.54, 1.807) is 18.2 Å². The number of hydrogen-bond acceptors (Lipinski definition) is 5. The molecule has 1 aromatic carbocycles. The number of anilines is 1. The van der Waals surface area contributed by atoms with Crippen LogP contribution in [0.1, 0.15) is 16.8 Å². The normalized spacial score (nSPS) is 18.5. The van der Waals surface area contributed by atoms with Crippen LogP contribution in [0.2, 0.25) is 0 Å². The maximum atomic E-state index is 11.8. The number of carbonyl (C=O) groups excluding carboxylic acids is 3. The van der Waals surface area contributed by atoms with Gasteiger partial charge in [-0.05, 0) is 12.1 Å². The van der Waals surface area contributed by atoms with E-state index in [2.05, 4.69) is 4.74 Å². The number of para-hydroxylation sites is 1. The molecule has 0 radical (unpaired) electrons. The van der Waals surface area contributed by atoms with E-state index in [1.807, 2.05) is 0 Å². The molecule has 1 heterocycles. The Kier molecular flexibility index (Phi) is 3.50. The Morgan fingerprint density at radius 2 is 2.05 bits per heavy atom. The zero-order valence-electron chi connectivity index (χ0n) is 10.3. The first-order valence-electron chi connectivity index (χ1n) is 5.73. The zero-order valence-corrected chi connectivity index (χ0v) is 10.3. The summed E-state index contributed by atoms with van der Waals surface area (Å²) in [5.41, 5.74) is 0.598. The predicted octanol–water partition coefficient (Wildman–Crippen LogP) is -0.424. The molecule has 0 spiro atoms. The molecular formula is C13H12NO5-. The molecule has 0 aliphatic carbocycles. The third kappa shape index (κ3) is 2.42. The molecule has 1 aromatic rings. The highest BCUT2D eigenvalue weighted by atomic mass is 16.5. The van der Waals surface area contributed by atoms with Gasteiger partial charge >= 0.3 is 5.97 Å². The van der Waals surface area contributed by atoms with E-state index in [4.69, 9.17) is 0 Å². The van der Waals surface area contributed by atoms with Crippen molar-refractivity contribution < 1.29 is 24.2 Å². The lowest BCUT2D eigenvalue weighted by Gasteiger charge is -2.19. The van der Waals surface area contributed by atoms with Gasteiger partial charge in [0.25, 0.3) is 0 Å². The van der Waals surface area contributed by atoms with Crippen LogP contribution in [0.5, 0.6) is 0 Å². The fourth-order valence-corrected chi connectivity index (χ4v) is 2.09. The lowest BCUT2D eigenvalue weighted by Crippen LogP contribution is -2.34. The second-order valence-electron chi connectivity index (χ2n) is 4.23. The lowest BCUT2D eigenvalue weighted by atomic mass is 10.1. The maximum absolute atomic E-state index is 11.8. The molecule has 1 unspecified atom stereocenters. The van der Waals surface area contributed by atoms with Gasteiger partial charge in [0, 0.05) is 24.9 Å². The SMILES string of the molecule is COC(=O)c1ccccc1N1CC(C(=O)[O-])CC1=O. The van der Waals surface area contributed by atoms with Crippen LogP contribution in [0.25, 0.3) is 0 Å². The smallest absolute Gasteiger partial charge is 0.339 e. The minimum absolute atomic E-state index is 0.00910.